The molecule has 0 aliphatic carbocycles. The molecule has 1 heterocycles. The molecule has 9 heteroatoms. The van der Waals surface area contributed by atoms with Gasteiger partial charge in [0.2, 0.25) is 10.0 Å². The quantitative estimate of drug-likeness (QED) is 0.865. The molecule has 0 saturated carbocycles. The highest BCUT2D eigenvalue weighted by Gasteiger charge is 2.35. The number of benzene rings is 2. The van der Waals surface area contributed by atoms with Gasteiger partial charge >= 0.3 is 6.18 Å². The molecule has 2 aromatic carbocycles. The number of fused-ring (bicyclic) bond motifs is 1. The lowest BCUT2D eigenvalue weighted by molar-refractivity contribution is -0.137. The van der Waals surface area contributed by atoms with E-state index in [0.717, 1.165) is 23.4 Å². The molecule has 0 aromatic heterocycles. The molecule has 0 saturated heterocycles. The second-order valence-electron chi connectivity index (χ2n) is 5.68. The van der Waals surface area contributed by atoms with Crippen LogP contribution in [0.3, 0.4) is 0 Å². The molecule has 0 bridgehead atoms. The molecule has 1 atom stereocenters. The Balaban J connectivity index is 1.79. The molecular weight excluding hydrogens is 357 g/mol. The summed E-state index contributed by atoms with van der Waals surface area (Å²) in [5, 5.41) is 7.60. The van der Waals surface area contributed by atoms with Crippen molar-refractivity contribution in [1.29, 1.82) is 0 Å². The van der Waals surface area contributed by atoms with Crippen molar-refractivity contribution in [3.63, 3.8) is 0 Å². The number of primary sulfonamides is 1. The molecule has 2 aromatic rings. The minimum absolute atomic E-state index is 0.145. The van der Waals surface area contributed by atoms with Crippen LogP contribution in [0.1, 0.15) is 11.1 Å². The van der Waals surface area contributed by atoms with E-state index >= 15 is 0 Å². The Morgan fingerprint density at radius 3 is 2.56 bits per heavy atom. The third-order valence-corrected chi connectivity index (χ3v) is 4.77. The lowest BCUT2D eigenvalue weighted by Gasteiger charge is -2.18. The van der Waals surface area contributed by atoms with Crippen LogP contribution in [0.25, 0.3) is 0 Å². The van der Waals surface area contributed by atoms with Gasteiger partial charge in [-0.2, -0.15) is 13.2 Å². The van der Waals surface area contributed by atoms with Gasteiger partial charge in [-0.1, -0.05) is 18.2 Å². The summed E-state index contributed by atoms with van der Waals surface area (Å²) in [7, 11) is -4.22. The molecule has 134 valence electrons. The van der Waals surface area contributed by atoms with Crippen molar-refractivity contribution in [2.45, 2.75) is 23.6 Å². The van der Waals surface area contributed by atoms with Gasteiger partial charge in [0.15, 0.2) is 0 Å². The number of nitrogens with one attached hydrogen (secondary N) is 1. The summed E-state index contributed by atoms with van der Waals surface area (Å²) in [6.07, 6.45) is -4.45. The largest absolute Gasteiger partial charge is 0.488 e. The van der Waals surface area contributed by atoms with Gasteiger partial charge in [-0.25, -0.2) is 13.6 Å². The Hall–Kier alpha value is -2.26. The maximum Gasteiger partial charge on any atom is 0.418 e. The van der Waals surface area contributed by atoms with E-state index in [1.165, 1.54) is 0 Å². The van der Waals surface area contributed by atoms with E-state index in [1.54, 1.807) is 6.07 Å². The fraction of sp³-hybridized carbons (Fsp3) is 0.250. The van der Waals surface area contributed by atoms with Crippen molar-refractivity contribution >= 4 is 15.7 Å². The second-order valence-corrected chi connectivity index (χ2v) is 7.24. The third kappa shape index (κ3) is 3.88. The standard InChI is InChI=1S/C16H15F3N2O3S/c17-16(18,19)13-8-12(25(20,22)23)5-6-14(13)21-9-11-7-10-3-1-2-4-15(10)24-11/h1-6,8,11,21H,7,9H2,(H2,20,22,23). The average Bonchev–Trinajstić information content (AvgIpc) is 2.93. The molecule has 25 heavy (non-hydrogen) atoms. The van der Waals surface area contributed by atoms with Crippen LogP contribution in [-0.4, -0.2) is 21.1 Å². The Morgan fingerprint density at radius 1 is 1.20 bits per heavy atom. The molecule has 0 spiro atoms. The van der Waals surface area contributed by atoms with Gasteiger partial charge in [-0.05, 0) is 29.8 Å². The number of anilines is 1. The normalized spacial score (nSPS) is 17.0. The van der Waals surface area contributed by atoms with Crippen LogP contribution in [0.15, 0.2) is 47.4 Å². The van der Waals surface area contributed by atoms with E-state index in [2.05, 4.69) is 5.32 Å². The zero-order chi connectivity index (χ0) is 18.2. The number of sulfonamides is 1. The van der Waals surface area contributed by atoms with Crippen molar-refractivity contribution in [1.82, 2.24) is 0 Å². The molecule has 0 amide bonds. The Labute approximate surface area is 142 Å². The molecule has 1 aliphatic rings. The first kappa shape index (κ1) is 17.6. The molecule has 0 radical (unpaired) electrons. The highest BCUT2D eigenvalue weighted by Crippen LogP contribution is 2.36. The third-order valence-electron chi connectivity index (χ3n) is 3.86. The van der Waals surface area contributed by atoms with Crippen LogP contribution in [0.2, 0.25) is 0 Å². The van der Waals surface area contributed by atoms with Crippen LogP contribution in [-0.2, 0) is 22.6 Å². The number of ether oxygens (including phenoxy) is 1. The summed E-state index contributed by atoms with van der Waals surface area (Å²) in [5.41, 5.74) is -0.316. The average molecular weight is 372 g/mol. The number of hydrogen-bond donors (Lipinski definition) is 2. The lowest BCUT2D eigenvalue weighted by Crippen LogP contribution is -2.25. The fourth-order valence-electron chi connectivity index (χ4n) is 2.68. The summed E-state index contributed by atoms with van der Waals surface area (Å²) in [5.74, 6) is 0.718. The van der Waals surface area contributed by atoms with Crippen LogP contribution < -0.4 is 15.2 Å². The van der Waals surface area contributed by atoms with E-state index < -0.39 is 26.7 Å². The fourth-order valence-corrected chi connectivity index (χ4v) is 3.22. The molecule has 0 fully saturated rings. The predicted molar refractivity (Wildman–Crippen MR) is 85.9 cm³/mol. The summed E-state index contributed by atoms with van der Waals surface area (Å²) in [6.45, 7) is 0.145. The van der Waals surface area contributed by atoms with Gasteiger partial charge in [0.05, 0.1) is 17.0 Å². The Kier molecular flexibility index (Phi) is 4.38. The minimum Gasteiger partial charge on any atom is -0.488 e. The van der Waals surface area contributed by atoms with E-state index in [4.69, 9.17) is 9.88 Å². The molecule has 1 aliphatic heterocycles. The smallest absolute Gasteiger partial charge is 0.418 e. The van der Waals surface area contributed by atoms with Crippen molar-refractivity contribution in [2.75, 3.05) is 11.9 Å². The van der Waals surface area contributed by atoms with Crippen LogP contribution in [0, 0.1) is 0 Å². The molecule has 1 unspecified atom stereocenters. The minimum atomic E-state index is -4.72. The summed E-state index contributed by atoms with van der Waals surface area (Å²) in [4.78, 5) is -0.588. The number of hydrogen-bond acceptors (Lipinski definition) is 4. The van der Waals surface area contributed by atoms with E-state index in [0.29, 0.717) is 12.5 Å². The SMILES string of the molecule is NS(=O)(=O)c1ccc(NCC2Cc3ccccc3O2)c(C(F)(F)F)c1. The molecule has 5 nitrogen and oxygen atoms in total. The van der Waals surface area contributed by atoms with Gasteiger partial charge in [-0.3, -0.25) is 0 Å². The van der Waals surface area contributed by atoms with Gasteiger partial charge in [0, 0.05) is 12.1 Å². The molecule has 3 N–H and O–H groups in total. The van der Waals surface area contributed by atoms with Gasteiger partial charge < -0.3 is 10.1 Å². The van der Waals surface area contributed by atoms with Crippen molar-refractivity contribution in [3.8, 4) is 5.75 Å². The monoisotopic (exact) mass is 372 g/mol. The first-order chi connectivity index (χ1) is 11.6. The second kappa shape index (κ2) is 6.23. The lowest BCUT2D eigenvalue weighted by atomic mass is 10.1. The Bertz CT molecular complexity index is 873. The first-order valence-corrected chi connectivity index (χ1v) is 8.92. The highest BCUT2D eigenvalue weighted by atomic mass is 32.2. The number of rotatable bonds is 4. The summed E-state index contributed by atoms with van der Waals surface area (Å²) in [6, 6.07) is 10.0. The van der Waals surface area contributed by atoms with Crippen LogP contribution >= 0.6 is 0 Å². The molecule has 3 rings (SSSR count). The van der Waals surface area contributed by atoms with Crippen molar-refractivity contribution < 1.29 is 26.3 Å². The maximum atomic E-state index is 13.2. The van der Waals surface area contributed by atoms with E-state index in [9.17, 15) is 21.6 Å². The number of alkyl halides is 3. The van der Waals surface area contributed by atoms with Gasteiger partial charge in [-0.15, -0.1) is 0 Å². The predicted octanol–water partition coefficient (Wildman–Crippen LogP) is 2.77. The topological polar surface area (TPSA) is 81.4 Å². The van der Waals surface area contributed by atoms with E-state index in [-0.39, 0.29) is 18.3 Å². The van der Waals surface area contributed by atoms with Gasteiger partial charge in [0.1, 0.15) is 11.9 Å². The number of halogens is 3. The summed E-state index contributed by atoms with van der Waals surface area (Å²) < 4.78 is 67.9. The van der Waals surface area contributed by atoms with Crippen LogP contribution in [0.4, 0.5) is 18.9 Å². The van der Waals surface area contributed by atoms with E-state index in [1.807, 2.05) is 18.2 Å². The first-order valence-electron chi connectivity index (χ1n) is 7.37. The highest BCUT2D eigenvalue weighted by molar-refractivity contribution is 7.89. The maximum absolute atomic E-state index is 13.2. The zero-order valence-corrected chi connectivity index (χ0v) is 13.7. The summed E-state index contributed by atoms with van der Waals surface area (Å²) >= 11 is 0. The van der Waals surface area contributed by atoms with Gasteiger partial charge in [0.25, 0.3) is 0 Å². The van der Waals surface area contributed by atoms with Crippen LogP contribution in [0.5, 0.6) is 5.75 Å². The van der Waals surface area contributed by atoms with Crippen molar-refractivity contribution in [3.05, 3.63) is 53.6 Å². The number of nitrogens with two attached hydrogens (primary N) is 1. The van der Waals surface area contributed by atoms with Crippen molar-refractivity contribution in [2.24, 2.45) is 5.14 Å². The number of para-hydroxylation sites is 1. The molecular formula is C16H15F3N2O3S. The zero-order valence-electron chi connectivity index (χ0n) is 12.9. The Morgan fingerprint density at radius 2 is 1.92 bits per heavy atom.